The molecule has 4 heteroatoms. The van der Waals surface area contributed by atoms with Crippen LogP contribution in [0.5, 0.6) is 0 Å². The number of anilines is 1. The highest BCUT2D eigenvalue weighted by atomic mass is 16.6. The first-order valence-corrected chi connectivity index (χ1v) is 9.41. The normalized spacial score (nSPS) is 11.0. The minimum absolute atomic E-state index is 0.116. The van der Waals surface area contributed by atoms with Crippen LogP contribution in [0, 0.1) is 10.1 Å². The molecule has 0 saturated carbocycles. The van der Waals surface area contributed by atoms with Crippen molar-refractivity contribution in [1.29, 1.82) is 0 Å². The average molecular weight is 352 g/mol. The third kappa shape index (κ3) is 6.03. The molecule has 0 bridgehead atoms. The minimum Gasteiger partial charge on any atom is -0.372 e. The van der Waals surface area contributed by atoms with Crippen LogP contribution in [0.3, 0.4) is 0 Å². The quantitative estimate of drug-likeness (QED) is 0.292. The number of hydrogen-bond donors (Lipinski definition) is 0. The summed E-state index contributed by atoms with van der Waals surface area (Å²) in [5.41, 5.74) is 3.47. The molecule has 138 valence electrons. The van der Waals surface area contributed by atoms with Gasteiger partial charge in [-0.05, 0) is 48.2 Å². The van der Waals surface area contributed by atoms with E-state index >= 15 is 0 Å². The first kappa shape index (κ1) is 19.7. The molecule has 0 aromatic heterocycles. The zero-order chi connectivity index (χ0) is 18.8. The summed E-state index contributed by atoms with van der Waals surface area (Å²) in [5, 5.41) is 10.7. The van der Waals surface area contributed by atoms with Crippen molar-refractivity contribution in [2.75, 3.05) is 18.0 Å². The number of nitro benzene ring substituents is 1. The van der Waals surface area contributed by atoms with Gasteiger partial charge in [-0.3, -0.25) is 10.1 Å². The van der Waals surface area contributed by atoms with E-state index in [2.05, 4.69) is 43.0 Å². The van der Waals surface area contributed by atoms with Gasteiger partial charge in [0.1, 0.15) is 0 Å². The van der Waals surface area contributed by atoms with Crippen molar-refractivity contribution in [3.05, 3.63) is 69.8 Å². The first-order valence-electron chi connectivity index (χ1n) is 9.41. The fraction of sp³-hybridized carbons (Fsp3) is 0.364. The Bertz CT molecular complexity index is 698. The van der Waals surface area contributed by atoms with Crippen LogP contribution < -0.4 is 4.90 Å². The number of unbranched alkanes of at least 4 members (excludes halogenated alkanes) is 2. The predicted octanol–water partition coefficient (Wildman–Crippen LogP) is 6.17. The van der Waals surface area contributed by atoms with Gasteiger partial charge in [-0.2, -0.15) is 0 Å². The van der Waals surface area contributed by atoms with E-state index < -0.39 is 0 Å². The number of nitro groups is 1. The molecular formula is C22H28N2O2. The van der Waals surface area contributed by atoms with Gasteiger partial charge < -0.3 is 4.90 Å². The molecule has 0 N–H and O–H groups in total. The monoisotopic (exact) mass is 352 g/mol. The molecule has 2 aromatic carbocycles. The van der Waals surface area contributed by atoms with Gasteiger partial charge in [0.2, 0.25) is 0 Å². The van der Waals surface area contributed by atoms with Gasteiger partial charge in [0, 0.05) is 30.9 Å². The highest BCUT2D eigenvalue weighted by Crippen LogP contribution is 2.19. The molecule has 0 saturated heterocycles. The molecule has 26 heavy (non-hydrogen) atoms. The van der Waals surface area contributed by atoms with Crippen molar-refractivity contribution in [2.45, 2.75) is 39.5 Å². The molecule has 0 amide bonds. The number of nitrogens with zero attached hydrogens (tertiary/aromatic N) is 2. The summed E-state index contributed by atoms with van der Waals surface area (Å²) in [6.07, 6.45) is 8.85. The summed E-state index contributed by atoms with van der Waals surface area (Å²) in [6, 6.07) is 15.2. The Morgan fingerprint density at radius 1 is 0.846 bits per heavy atom. The Kier molecular flexibility index (Phi) is 7.87. The smallest absolute Gasteiger partial charge is 0.269 e. The van der Waals surface area contributed by atoms with Crippen LogP contribution >= 0.6 is 0 Å². The summed E-state index contributed by atoms with van der Waals surface area (Å²) in [4.78, 5) is 12.8. The van der Waals surface area contributed by atoms with Crippen molar-refractivity contribution in [3.63, 3.8) is 0 Å². The van der Waals surface area contributed by atoms with Gasteiger partial charge >= 0.3 is 0 Å². The molecule has 0 radical (unpaired) electrons. The van der Waals surface area contributed by atoms with E-state index in [0.717, 1.165) is 24.2 Å². The summed E-state index contributed by atoms with van der Waals surface area (Å²) in [6.45, 7) is 6.66. The number of rotatable bonds is 10. The second kappa shape index (κ2) is 10.4. The Morgan fingerprint density at radius 2 is 1.31 bits per heavy atom. The Hall–Kier alpha value is -2.62. The average Bonchev–Trinajstić information content (AvgIpc) is 2.67. The lowest BCUT2D eigenvalue weighted by Gasteiger charge is -2.24. The maximum Gasteiger partial charge on any atom is 0.269 e. The molecular weight excluding hydrogens is 324 g/mol. The van der Waals surface area contributed by atoms with E-state index in [9.17, 15) is 10.1 Å². The lowest BCUT2D eigenvalue weighted by molar-refractivity contribution is -0.384. The Labute approximate surface area is 156 Å². The second-order valence-corrected chi connectivity index (χ2v) is 6.47. The van der Waals surface area contributed by atoms with Gasteiger partial charge in [0.05, 0.1) is 4.92 Å². The standard InChI is InChI=1S/C22H28N2O2/c1-3-5-17-23(18-6-4-2)21-13-9-19(10-14-21)7-8-20-11-15-22(16-12-20)24(25)26/h7-16H,3-6,17-18H2,1-2H3. The molecule has 2 rings (SSSR count). The van der Waals surface area contributed by atoms with E-state index in [0.29, 0.717) is 0 Å². The lowest BCUT2D eigenvalue weighted by Crippen LogP contribution is -2.25. The van der Waals surface area contributed by atoms with Crippen molar-refractivity contribution in [3.8, 4) is 0 Å². The van der Waals surface area contributed by atoms with Crippen LogP contribution in [0.4, 0.5) is 11.4 Å². The van der Waals surface area contributed by atoms with Crippen molar-refractivity contribution in [2.24, 2.45) is 0 Å². The molecule has 0 unspecified atom stereocenters. The van der Waals surface area contributed by atoms with Crippen LogP contribution in [-0.4, -0.2) is 18.0 Å². The summed E-state index contributed by atoms with van der Waals surface area (Å²) >= 11 is 0. The van der Waals surface area contributed by atoms with Crippen LogP contribution in [0.25, 0.3) is 12.2 Å². The van der Waals surface area contributed by atoms with Crippen molar-refractivity contribution >= 4 is 23.5 Å². The van der Waals surface area contributed by atoms with Gasteiger partial charge in [-0.15, -0.1) is 0 Å². The van der Waals surface area contributed by atoms with Gasteiger partial charge in [0.25, 0.3) is 5.69 Å². The van der Waals surface area contributed by atoms with E-state index in [1.54, 1.807) is 12.1 Å². The van der Waals surface area contributed by atoms with Crippen molar-refractivity contribution < 1.29 is 4.92 Å². The Morgan fingerprint density at radius 3 is 1.73 bits per heavy atom. The number of hydrogen-bond acceptors (Lipinski definition) is 3. The lowest BCUT2D eigenvalue weighted by atomic mass is 10.1. The zero-order valence-corrected chi connectivity index (χ0v) is 15.7. The zero-order valence-electron chi connectivity index (χ0n) is 15.7. The fourth-order valence-corrected chi connectivity index (χ4v) is 2.76. The van der Waals surface area contributed by atoms with Gasteiger partial charge in [-0.1, -0.05) is 51.0 Å². The SMILES string of the molecule is CCCCN(CCCC)c1ccc(C=Cc2ccc([N+](=O)[O-])cc2)cc1. The molecule has 4 nitrogen and oxygen atoms in total. The molecule has 0 atom stereocenters. The highest BCUT2D eigenvalue weighted by Gasteiger charge is 2.05. The second-order valence-electron chi connectivity index (χ2n) is 6.47. The van der Waals surface area contributed by atoms with Crippen LogP contribution in [0.2, 0.25) is 0 Å². The Balaban J connectivity index is 2.03. The number of non-ortho nitro benzene ring substituents is 1. The molecule has 2 aromatic rings. The van der Waals surface area contributed by atoms with Crippen LogP contribution in [0.1, 0.15) is 50.7 Å². The molecule has 0 spiro atoms. The molecule has 0 fully saturated rings. The van der Waals surface area contributed by atoms with E-state index in [1.807, 2.05) is 12.2 Å². The molecule has 0 aliphatic carbocycles. The molecule has 0 aliphatic heterocycles. The number of benzene rings is 2. The third-order valence-electron chi connectivity index (χ3n) is 4.39. The highest BCUT2D eigenvalue weighted by molar-refractivity contribution is 5.71. The maximum atomic E-state index is 10.7. The van der Waals surface area contributed by atoms with Crippen LogP contribution in [0.15, 0.2) is 48.5 Å². The minimum atomic E-state index is -0.380. The van der Waals surface area contributed by atoms with Gasteiger partial charge in [-0.25, -0.2) is 0 Å². The fourth-order valence-electron chi connectivity index (χ4n) is 2.76. The van der Waals surface area contributed by atoms with E-state index in [4.69, 9.17) is 0 Å². The van der Waals surface area contributed by atoms with E-state index in [1.165, 1.54) is 43.5 Å². The third-order valence-corrected chi connectivity index (χ3v) is 4.39. The van der Waals surface area contributed by atoms with Crippen LogP contribution in [-0.2, 0) is 0 Å². The summed E-state index contributed by atoms with van der Waals surface area (Å²) in [7, 11) is 0. The van der Waals surface area contributed by atoms with Crippen molar-refractivity contribution in [1.82, 2.24) is 0 Å². The summed E-state index contributed by atoms with van der Waals surface area (Å²) in [5.74, 6) is 0. The first-order chi connectivity index (χ1) is 12.6. The van der Waals surface area contributed by atoms with Gasteiger partial charge in [0.15, 0.2) is 0 Å². The van der Waals surface area contributed by atoms with E-state index in [-0.39, 0.29) is 10.6 Å². The molecule has 0 aliphatic rings. The molecule has 0 heterocycles. The summed E-state index contributed by atoms with van der Waals surface area (Å²) < 4.78 is 0. The topological polar surface area (TPSA) is 46.4 Å². The maximum absolute atomic E-state index is 10.7. The predicted molar refractivity (Wildman–Crippen MR) is 110 cm³/mol. The largest absolute Gasteiger partial charge is 0.372 e.